The lowest BCUT2D eigenvalue weighted by molar-refractivity contribution is -0.131. The van der Waals surface area contributed by atoms with Crippen LogP contribution in [-0.4, -0.2) is 28.6 Å². The van der Waals surface area contributed by atoms with E-state index in [-0.39, 0.29) is 11.4 Å². The minimum absolute atomic E-state index is 0.220. The van der Waals surface area contributed by atoms with Gasteiger partial charge >= 0.3 is 11.9 Å². The van der Waals surface area contributed by atoms with Gasteiger partial charge in [-0.25, -0.2) is 4.79 Å². The number of aryl methyl sites for hydroxylation is 1. The van der Waals surface area contributed by atoms with E-state index in [1.807, 2.05) is 24.3 Å². The summed E-state index contributed by atoms with van der Waals surface area (Å²) in [6.45, 7) is 1.75. The van der Waals surface area contributed by atoms with Crippen molar-refractivity contribution in [2.75, 3.05) is 7.11 Å². The largest absolute Gasteiger partial charge is 0.464 e. The molecule has 0 radical (unpaired) electrons. The van der Waals surface area contributed by atoms with Crippen LogP contribution in [0.5, 0.6) is 5.75 Å². The van der Waals surface area contributed by atoms with Crippen molar-refractivity contribution in [3.63, 3.8) is 0 Å². The van der Waals surface area contributed by atoms with Crippen LogP contribution in [0.1, 0.15) is 28.7 Å². The van der Waals surface area contributed by atoms with Crippen LogP contribution < -0.4 is 4.74 Å². The molecule has 3 heterocycles. The molecule has 3 aromatic rings. The Morgan fingerprint density at radius 2 is 2.07 bits per heavy atom. The number of carbonyl (C=O) groups is 2. The average molecular weight is 361 g/mol. The third-order valence-electron chi connectivity index (χ3n) is 4.60. The van der Waals surface area contributed by atoms with E-state index in [1.54, 1.807) is 4.57 Å². The minimum atomic E-state index is -0.537. The number of hydrogen-bond acceptors (Lipinski definition) is 6. The van der Waals surface area contributed by atoms with E-state index < -0.39 is 11.9 Å². The van der Waals surface area contributed by atoms with Gasteiger partial charge < -0.3 is 14.0 Å². The van der Waals surface area contributed by atoms with E-state index in [9.17, 15) is 14.9 Å². The van der Waals surface area contributed by atoms with Crippen molar-refractivity contribution in [2.45, 2.75) is 19.9 Å². The number of methoxy groups -OCH3 is 1. The summed E-state index contributed by atoms with van der Waals surface area (Å²) in [5.74, 6) is -0.831. The number of carbonyl (C=O) groups excluding carboxylic acids is 2. The number of rotatable bonds is 2. The summed E-state index contributed by atoms with van der Waals surface area (Å²) in [5.41, 5.74) is 3.28. The monoisotopic (exact) mass is 361 g/mol. The molecule has 0 amide bonds. The first-order chi connectivity index (χ1) is 13.0. The molecule has 0 atom stereocenters. The van der Waals surface area contributed by atoms with Gasteiger partial charge in [0.05, 0.1) is 29.6 Å². The van der Waals surface area contributed by atoms with Gasteiger partial charge in [-0.2, -0.15) is 5.26 Å². The summed E-state index contributed by atoms with van der Waals surface area (Å²) in [6.07, 6.45) is 0.542. The van der Waals surface area contributed by atoms with Gasteiger partial charge in [-0.15, -0.1) is 0 Å². The van der Waals surface area contributed by atoms with E-state index in [1.165, 1.54) is 20.1 Å². The summed E-state index contributed by atoms with van der Waals surface area (Å²) >= 11 is 0. The van der Waals surface area contributed by atoms with Gasteiger partial charge in [0.2, 0.25) is 0 Å². The zero-order valence-electron chi connectivity index (χ0n) is 14.8. The average Bonchev–Trinajstić information content (AvgIpc) is 3.03. The molecule has 1 aliphatic heterocycles. The molecule has 0 N–H and O–H groups in total. The van der Waals surface area contributed by atoms with Crippen molar-refractivity contribution >= 4 is 22.8 Å². The van der Waals surface area contributed by atoms with Gasteiger partial charge in [0, 0.05) is 36.9 Å². The van der Waals surface area contributed by atoms with E-state index in [2.05, 4.69) is 6.07 Å². The Bertz CT molecular complexity index is 1150. The van der Waals surface area contributed by atoms with Crippen LogP contribution in [0.25, 0.3) is 22.2 Å². The highest BCUT2D eigenvalue weighted by atomic mass is 16.5. The number of fused-ring (bicyclic) bond motifs is 4. The number of nitrogens with zero attached hydrogens (tertiary/aromatic N) is 3. The molecule has 1 aromatic carbocycles. The molecule has 134 valence electrons. The van der Waals surface area contributed by atoms with Crippen molar-refractivity contribution in [3.8, 4) is 23.1 Å². The molecule has 0 unspecified atom stereocenters. The second kappa shape index (κ2) is 6.25. The van der Waals surface area contributed by atoms with E-state index >= 15 is 0 Å². The predicted molar refractivity (Wildman–Crippen MR) is 96.2 cm³/mol. The lowest BCUT2D eigenvalue weighted by Gasteiger charge is -2.22. The Morgan fingerprint density at radius 3 is 2.78 bits per heavy atom. The maximum atomic E-state index is 12.2. The van der Waals surface area contributed by atoms with Gasteiger partial charge in [0.25, 0.3) is 0 Å². The van der Waals surface area contributed by atoms with Crippen LogP contribution >= 0.6 is 0 Å². The molecule has 0 saturated heterocycles. The molecule has 0 spiro atoms. The number of esters is 2. The predicted octanol–water partition coefficient (Wildman–Crippen LogP) is 2.84. The van der Waals surface area contributed by atoms with E-state index in [0.717, 1.165) is 11.2 Å². The molecule has 27 heavy (non-hydrogen) atoms. The zero-order chi connectivity index (χ0) is 19.1. The van der Waals surface area contributed by atoms with Gasteiger partial charge in [0.1, 0.15) is 11.8 Å². The number of ether oxygens (including phenoxy) is 2. The fourth-order valence-electron chi connectivity index (χ4n) is 3.55. The van der Waals surface area contributed by atoms with Crippen LogP contribution in [0.2, 0.25) is 0 Å². The Hall–Kier alpha value is -3.66. The van der Waals surface area contributed by atoms with Crippen molar-refractivity contribution in [2.24, 2.45) is 0 Å². The maximum absolute atomic E-state index is 12.2. The number of aromatic nitrogens is 2. The van der Waals surface area contributed by atoms with Crippen LogP contribution in [0, 0.1) is 11.3 Å². The highest BCUT2D eigenvalue weighted by Crippen LogP contribution is 2.42. The minimum Gasteiger partial charge on any atom is -0.464 e. The summed E-state index contributed by atoms with van der Waals surface area (Å²) < 4.78 is 11.9. The normalized spacial score (nSPS) is 12.0. The Labute approximate surface area is 154 Å². The lowest BCUT2D eigenvalue weighted by atomic mass is 9.95. The molecule has 0 saturated carbocycles. The summed E-state index contributed by atoms with van der Waals surface area (Å²) in [5, 5.41) is 10.6. The fourth-order valence-corrected chi connectivity index (χ4v) is 3.55. The topological polar surface area (TPSA) is 94.2 Å². The molecule has 0 fully saturated rings. The van der Waals surface area contributed by atoms with Gasteiger partial charge in [-0.3, -0.25) is 9.78 Å². The van der Waals surface area contributed by atoms with Crippen molar-refractivity contribution in [1.29, 1.82) is 5.26 Å². The molecule has 0 aliphatic carbocycles. The van der Waals surface area contributed by atoms with E-state index in [4.69, 9.17) is 14.5 Å². The van der Waals surface area contributed by atoms with Crippen LogP contribution in [0.3, 0.4) is 0 Å². The van der Waals surface area contributed by atoms with Crippen molar-refractivity contribution in [1.82, 2.24) is 9.55 Å². The Balaban J connectivity index is 2.09. The molecule has 0 bridgehead atoms. The number of nitriles is 1. The highest BCUT2D eigenvalue weighted by Gasteiger charge is 2.31. The number of pyridine rings is 1. The van der Waals surface area contributed by atoms with Crippen LogP contribution in [0.4, 0.5) is 0 Å². The smallest absolute Gasteiger partial charge is 0.354 e. The van der Waals surface area contributed by atoms with Crippen molar-refractivity contribution < 1.29 is 19.1 Å². The molecule has 1 aliphatic rings. The molecule has 2 aromatic heterocycles. The third-order valence-corrected chi connectivity index (χ3v) is 4.60. The standard InChI is InChI=1S/C20H15N3O4/c1-11(24)27-17-9-16(20(25)26-2)23-8-7-15-18(19(17)23)13(10-21)12-5-3-4-6-14(12)22-15/h3-6,9H,7-8H2,1-2H3. The van der Waals surface area contributed by atoms with Gasteiger partial charge in [-0.1, -0.05) is 18.2 Å². The van der Waals surface area contributed by atoms with Gasteiger partial charge in [0.15, 0.2) is 5.75 Å². The molecular weight excluding hydrogens is 346 g/mol. The fraction of sp³-hybridized carbons (Fsp3) is 0.200. The molecular formula is C20H15N3O4. The molecule has 7 nitrogen and oxygen atoms in total. The second-order valence-corrected chi connectivity index (χ2v) is 6.17. The number of benzene rings is 1. The lowest BCUT2D eigenvalue weighted by Crippen LogP contribution is -2.19. The zero-order valence-corrected chi connectivity index (χ0v) is 14.8. The second-order valence-electron chi connectivity index (χ2n) is 6.17. The molecule has 7 heteroatoms. The first kappa shape index (κ1) is 16.8. The number of hydrogen-bond donors (Lipinski definition) is 0. The summed E-state index contributed by atoms with van der Waals surface area (Å²) in [6, 6.07) is 11.1. The molecule has 4 rings (SSSR count). The van der Waals surface area contributed by atoms with Crippen LogP contribution in [-0.2, 0) is 22.5 Å². The third kappa shape index (κ3) is 2.54. The SMILES string of the molecule is COC(=O)c1cc(OC(C)=O)c2n1CCc1nc3ccccc3c(C#N)c1-2. The quantitative estimate of drug-likeness (QED) is 0.652. The summed E-state index contributed by atoms with van der Waals surface area (Å²) in [7, 11) is 1.29. The first-order valence-corrected chi connectivity index (χ1v) is 8.37. The Kier molecular flexibility index (Phi) is 3.89. The first-order valence-electron chi connectivity index (χ1n) is 8.37. The van der Waals surface area contributed by atoms with Crippen molar-refractivity contribution in [3.05, 3.63) is 47.3 Å². The summed E-state index contributed by atoms with van der Waals surface area (Å²) in [4.78, 5) is 28.5. The van der Waals surface area contributed by atoms with Gasteiger partial charge in [-0.05, 0) is 6.07 Å². The maximum Gasteiger partial charge on any atom is 0.354 e. The number of para-hydroxylation sites is 1. The van der Waals surface area contributed by atoms with Crippen LogP contribution in [0.15, 0.2) is 30.3 Å². The van der Waals surface area contributed by atoms with E-state index in [0.29, 0.717) is 35.2 Å². The highest BCUT2D eigenvalue weighted by molar-refractivity contribution is 5.97. The Morgan fingerprint density at radius 1 is 1.30 bits per heavy atom.